The zero-order chi connectivity index (χ0) is 21.5. The van der Waals surface area contributed by atoms with E-state index in [0.717, 1.165) is 15.4 Å². The molecular weight excluding hydrogens is 462 g/mol. The molecule has 0 bridgehead atoms. The standard InChI is InChI=1S/C24H14BrNO5/c1-13-18(31-24(28)21-12-15-11-16(25)2-4-19(15)29-21)5-3-17-22(27)20(30-23(13)17)10-14-6-8-26-9-7-14/h2-12H,1H3/b20-10-. The van der Waals surface area contributed by atoms with Crippen molar-refractivity contribution in [1.29, 1.82) is 0 Å². The highest BCUT2D eigenvalue weighted by atomic mass is 79.9. The van der Waals surface area contributed by atoms with Gasteiger partial charge in [0.2, 0.25) is 11.5 Å². The number of Topliss-reactive ketones (excluding diaryl/α,β-unsaturated/α-hetero) is 1. The fourth-order valence-electron chi connectivity index (χ4n) is 3.35. The number of fused-ring (bicyclic) bond motifs is 2. The quantitative estimate of drug-likeness (QED) is 0.213. The average molecular weight is 476 g/mol. The highest BCUT2D eigenvalue weighted by Gasteiger charge is 2.30. The van der Waals surface area contributed by atoms with Gasteiger partial charge in [-0.25, -0.2) is 4.79 Å². The third kappa shape index (κ3) is 3.53. The number of halogens is 1. The summed E-state index contributed by atoms with van der Waals surface area (Å²) in [5.41, 5.74) is 2.36. The van der Waals surface area contributed by atoms with E-state index < -0.39 is 5.97 Å². The van der Waals surface area contributed by atoms with Gasteiger partial charge in [0.25, 0.3) is 0 Å². The van der Waals surface area contributed by atoms with Crippen molar-refractivity contribution in [3.63, 3.8) is 0 Å². The Morgan fingerprint density at radius 3 is 2.71 bits per heavy atom. The van der Waals surface area contributed by atoms with E-state index in [4.69, 9.17) is 13.9 Å². The van der Waals surface area contributed by atoms with Gasteiger partial charge in [0.15, 0.2) is 5.76 Å². The van der Waals surface area contributed by atoms with Crippen LogP contribution in [0.25, 0.3) is 17.0 Å². The number of carbonyl (C=O) groups is 2. The lowest BCUT2D eigenvalue weighted by molar-refractivity contribution is 0.0702. The van der Waals surface area contributed by atoms with Crippen molar-refractivity contribution in [3.05, 3.63) is 93.6 Å². The third-order valence-corrected chi connectivity index (χ3v) is 5.42. The molecule has 2 aromatic carbocycles. The number of hydrogen-bond acceptors (Lipinski definition) is 6. The number of esters is 1. The first kappa shape index (κ1) is 19.3. The number of benzene rings is 2. The van der Waals surface area contributed by atoms with Gasteiger partial charge in [0, 0.05) is 27.8 Å². The van der Waals surface area contributed by atoms with E-state index in [-0.39, 0.29) is 17.3 Å². The molecule has 2 aromatic heterocycles. The number of allylic oxidation sites excluding steroid dienone is 1. The Kier molecular flexibility index (Phi) is 4.67. The molecule has 1 aliphatic rings. The average Bonchev–Trinajstić information content (AvgIpc) is 3.32. The Hall–Kier alpha value is -3.71. The van der Waals surface area contributed by atoms with Crippen LogP contribution in [0.2, 0.25) is 0 Å². The van der Waals surface area contributed by atoms with E-state index >= 15 is 0 Å². The van der Waals surface area contributed by atoms with Crippen LogP contribution in [0.5, 0.6) is 11.5 Å². The van der Waals surface area contributed by atoms with Gasteiger partial charge in [-0.3, -0.25) is 9.78 Å². The SMILES string of the molecule is Cc1c(OC(=O)c2cc3cc(Br)ccc3o2)ccc2c1O/C(=C\c1ccncc1)C2=O. The van der Waals surface area contributed by atoms with Gasteiger partial charge in [-0.2, -0.15) is 0 Å². The smallest absolute Gasteiger partial charge is 0.379 e. The largest absolute Gasteiger partial charge is 0.452 e. The Labute approximate surface area is 185 Å². The summed E-state index contributed by atoms with van der Waals surface area (Å²) in [7, 11) is 0. The van der Waals surface area contributed by atoms with E-state index in [1.54, 1.807) is 61.8 Å². The predicted molar refractivity (Wildman–Crippen MR) is 117 cm³/mol. The van der Waals surface area contributed by atoms with Gasteiger partial charge in [0.1, 0.15) is 17.1 Å². The molecule has 0 spiro atoms. The molecule has 0 fully saturated rings. The predicted octanol–water partition coefficient (Wildman–Crippen LogP) is 5.73. The summed E-state index contributed by atoms with van der Waals surface area (Å²) in [5.74, 6) is 0.106. The van der Waals surface area contributed by atoms with Crippen molar-refractivity contribution >= 4 is 44.7 Å². The van der Waals surface area contributed by atoms with Gasteiger partial charge < -0.3 is 13.9 Å². The van der Waals surface area contributed by atoms with Crippen LogP contribution in [0, 0.1) is 6.92 Å². The fraction of sp³-hybridized carbons (Fsp3) is 0.0417. The van der Waals surface area contributed by atoms with Crippen molar-refractivity contribution in [2.45, 2.75) is 6.92 Å². The maximum Gasteiger partial charge on any atom is 0.379 e. The number of hydrogen-bond donors (Lipinski definition) is 0. The first-order valence-corrected chi connectivity index (χ1v) is 10.2. The lowest BCUT2D eigenvalue weighted by Gasteiger charge is -2.09. The van der Waals surface area contributed by atoms with Crippen molar-refractivity contribution in [1.82, 2.24) is 4.98 Å². The Morgan fingerprint density at radius 1 is 1.10 bits per heavy atom. The number of carbonyl (C=O) groups excluding carboxylic acids is 2. The summed E-state index contributed by atoms with van der Waals surface area (Å²) in [4.78, 5) is 29.3. The minimum atomic E-state index is -0.632. The van der Waals surface area contributed by atoms with Crippen LogP contribution < -0.4 is 9.47 Å². The van der Waals surface area contributed by atoms with Crippen molar-refractivity contribution in [3.8, 4) is 11.5 Å². The molecule has 6 nitrogen and oxygen atoms in total. The Balaban J connectivity index is 1.42. The van der Waals surface area contributed by atoms with Crippen LogP contribution in [0.4, 0.5) is 0 Å². The Bertz CT molecular complexity index is 1390. The lowest BCUT2D eigenvalue weighted by Crippen LogP contribution is -2.08. The maximum absolute atomic E-state index is 12.7. The molecule has 1 aliphatic heterocycles. The number of aromatic nitrogens is 1. The minimum absolute atomic E-state index is 0.0864. The molecule has 4 aromatic rings. The summed E-state index contributed by atoms with van der Waals surface area (Å²) in [6.07, 6.45) is 4.93. The van der Waals surface area contributed by atoms with E-state index in [2.05, 4.69) is 20.9 Å². The highest BCUT2D eigenvalue weighted by molar-refractivity contribution is 9.10. The summed E-state index contributed by atoms with van der Waals surface area (Å²) >= 11 is 3.39. The van der Waals surface area contributed by atoms with Gasteiger partial charge >= 0.3 is 5.97 Å². The minimum Gasteiger partial charge on any atom is -0.452 e. The van der Waals surface area contributed by atoms with Gasteiger partial charge in [-0.15, -0.1) is 0 Å². The number of nitrogens with zero attached hydrogens (tertiary/aromatic N) is 1. The Morgan fingerprint density at radius 2 is 1.90 bits per heavy atom. The number of furan rings is 1. The topological polar surface area (TPSA) is 78.6 Å². The number of pyridine rings is 1. The molecule has 7 heteroatoms. The molecule has 0 atom stereocenters. The van der Waals surface area contributed by atoms with Crippen LogP contribution in [-0.4, -0.2) is 16.7 Å². The molecule has 152 valence electrons. The highest BCUT2D eigenvalue weighted by Crippen LogP contribution is 2.39. The molecule has 0 unspecified atom stereocenters. The van der Waals surface area contributed by atoms with Crippen LogP contribution in [-0.2, 0) is 0 Å². The molecule has 0 radical (unpaired) electrons. The molecule has 3 heterocycles. The number of rotatable bonds is 3. The molecule has 0 amide bonds. The molecule has 31 heavy (non-hydrogen) atoms. The van der Waals surface area contributed by atoms with Gasteiger partial charge in [-0.05, 0) is 67.1 Å². The van der Waals surface area contributed by atoms with Gasteiger partial charge in [-0.1, -0.05) is 15.9 Å². The van der Waals surface area contributed by atoms with E-state index in [1.165, 1.54) is 0 Å². The fourth-order valence-corrected chi connectivity index (χ4v) is 3.73. The van der Waals surface area contributed by atoms with E-state index in [0.29, 0.717) is 28.2 Å². The first-order valence-electron chi connectivity index (χ1n) is 9.39. The molecule has 0 saturated carbocycles. The first-order chi connectivity index (χ1) is 15.0. The van der Waals surface area contributed by atoms with Gasteiger partial charge in [0.05, 0.1) is 5.56 Å². The second-order valence-electron chi connectivity index (χ2n) is 6.97. The maximum atomic E-state index is 12.7. The normalized spacial score (nSPS) is 14.0. The molecule has 0 aliphatic carbocycles. The molecule has 5 rings (SSSR count). The van der Waals surface area contributed by atoms with Crippen LogP contribution in [0.1, 0.15) is 32.0 Å². The lowest BCUT2D eigenvalue weighted by atomic mass is 10.1. The summed E-state index contributed by atoms with van der Waals surface area (Å²) in [5, 5.41) is 0.784. The van der Waals surface area contributed by atoms with Crippen molar-refractivity contribution in [2.75, 3.05) is 0 Å². The number of ketones is 1. The van der Waals surface area contributed by atoms with E-state index in [1.807, 2.05) is 12.1 Å². The second-order valence-corrected chi connectivity index (χ2v) is 7.88. The molecule has 0 saturated heterocycles. The third-order valence-electron chi connectivity index (χ3n) is 4.92. The van der Waals surface area contributed by atoms with Crippen LogP contribution >= 0.6 is 15.9 Å². The zero-order valence-corrected chi connectivity index (χ0v) is 17.8. The monoisotopic (exact) mass is 475 g/mol. The second kappa shape index (κ2) is 7.52. The molecule has 0 N–H and O–H groups in total. The van der Waals surface area contributed by atoms with Crippen molar-refractivity contribution < 1.29 is 23.5 Å². The van der Waals surface area contributed by atoms with Crippen LogP contribution in [0.15, 0.2) is 75.6 Å². The summed E-state index contributed by atoms with van der Waals surface area (Å²) < 4.78 is 17.8. The zero-order valence-electron chi connectivity index (χ0n) is 16.2. The van der Waals surface area contributed by atoms with E-state index in [9.17, 15) is 9.59 Å². The summed E-state index contributed by atoms with van der Waals surface area (Å²) in [6, 6.07) is 13.8. The summed E-state index contributed by atoms with van der Waals surface area (Å²) in [6.45, 7) is 1.74. The van der Waals surface area contributed by atoms with Crippen molar-refractivity contribution in [2.24, 2.45) is 0 Å². The molecular formula is C24H14BrNO5. The van der Waals surface area contributed by atoms with Crippen LogP contribution in [0.3, 0.4) is 0 Å². The number of ether oxygens (including phenoxy) is 2.